The maximum atomic E-state index is 13.5. The zero-order valence-electron chi connectivity index (χ0n) is 11.8. The lowest BCUT2D eigenvalue weighted by Gasteiger charge is -2.17. The molecule has 0 heterocycles. The van der Waals surface area contributed by atoms with Gasteiger partial charge in [0.1, 0.15) is 17.3 Å². The van der Waals surface area contributed by atoms with E-state index in [0.29, 0.717) is 17.8 Å². The number of carbonyl (C=O) groups is 1. The molecule has 0 aromatic heterocycles. The smallest absolute Gasteiger partial charge is 0.218 e. The summed E-state index contributed by atoms with van der Waals surface area (Å²) >= 11 is 0. The summed E-state index contributed by atoms with van der Waals surface area (Å²) in [5.74, 6) is -0.370. The first kappa shape index (κ1) is 15.2. The molecule has 0 N–H and O–H groups in total. The van der Waals surface area contributed by atoms with E-state index in [-0.39, 0.29) is 40.4 Å². The van der Waals surface area contributed by atoms with Crippen LogP contribution >= 0.6 is 0 Å². The van der Waals surface area contributed by atoms with Crippen molar-refractivity contribution in [2.75, 3.05) is 0 Å². The number of benzene rings is 1. The largest absolute Gasteiger partial charge is 0.457 e. The molecule has 0 fully saturated rings. The molecule has 7 heteroatoms. The van der Waals surface area contributed by atoms with Gasteiger partial charge in [-0.1, -0.05) is 0 Å². The molecule has 116 valence electrons. The average Bonchev–Trinajstić information content (AvgIpc) is 2.89. The monoisotopic (exact) mass is 331 g/mol. The number of allylic oxidation sites excluding steroid dienone is 3. The molecule has 0 amide bonds. The summed E-state index contributed by atoms with van der Waals surface area (Å²) in [6, 6.07) is 5.42. The van der Waals surface area contributed by atoms with Crippen LogP contribution in [0.15, 0.2) is 41.2 Å². The fourth-order valence-corrected chi connectivity index (χ4v) is 3.33. The second-order valence-electron chi connectivity index (χ2n) is 5.10. The van der Waals surface area contributed by atoms with Crippen LogP contribution in [0.2, 0.25) is 0 Å². The van der Waals surface area contributed by atoms with E-state index in [1.54, 1.807) is 6.08 Å². The Labute approximate surface area is 132 Å². The molecule has 1 aromatic carbocycles. The quantitative estimate of drug-likeness (QED) is 0.775. The molecule has 0 bridgehead atoms. The topological polar surface area (TPSA) is 84.2 Å². The van der Waals surface area contributed by atoms with Crippen molar-refractivity contribution < 1.29 is 22.3 Å². The van der Waals surface area contributed by atoms with Gasteiger partial charge in [-0.3, -0.25) is 4.79 Å². The average molecular weight is 331 g/mol. The Morgan fingerprint density at radius 1 is 1.22 bits per heavy atom. The first-order valence-corrected chi connectivity index (χ1v) is 7.88. The third-order valence-electron chi connectivity index (χ3n) is 3.66. The maximum Gasteiger partial charge on any atom is 0.218 e. The van der Waals surface area contributed by atoms with Crippen LogP contribution in [0.3, 0.4) is 0 Å². The van der Waals surface area contributed by atoms with Gasteiger partial charge in [-0.05, 0) is 24.6 Å². The fraction of sp³-hybridized carbons (Fsp3) is 0.188. The van der Waals surface area contributed by atoms with Crippen LogP contribution in [0.4, 0.5) is 4.39 Å². The maximum absolute atomic E-state index is 13.5. The molecule has 0 saturated heterocycles. The molecule has 0 aliphatic heterocycles. The second kappa shape index (κ2) is 5.82. The highest BCUT2D eigenvalue weighted by Crippen LogP contribution is 2.35. The van der Waals surface area contributed by atoms with E-state index < -0.39 is 16.1 Å². The Hall–Kier alpha value is -2.72. The Kier molecular flexibility index (Phi) is 3.84. The van der Waals surface area contributed by atoms with Gasteiger partial charge in [-0.15, -0.1) is 0 Å². The van der Waals surface area contributed by atoms with Crippen LogP contribution in [0.5, 0.6) is 5.75 Å². The molecular weight excluding hydrogens is 321 g/mol. The minimum absolute atomic E-state index is 0.0520. The molecule has 2 aliphatic rings. The Balaban J connectivity index is 2.01. The lowest BCUT2D eigenvalue weighted by Crippen LogP contribution is -2.16. The van der Waals surface area contributed by atoms with Gasteiger partial charge < -0.3 is 4.74 Å². The van der Waals surface area contributed by atoms with E-state index in [2.05, 4.69) is 0 Å². The van der Waals surface area contributed by atoms with Gasteiger partial charge in [-0.2, -0.15) is 13.7 Å². The first-order chi connectivity index (χ1) is 11.0. The normalized spacial score (nSPS) is 16.8. The van der Waals surface area contributed by atoms with Crippen LogP contribution in [0.25, 0.3) is 0 Å². The van der Waals surface area contributed by atoms with Crippen molar-refractivity contribution in [1.29, 1.82) is 5.26 Å². The summed E-state index contributed by atoms with van der Waals surface area (Å²) in [5.41, 5.74) is 0.817. The third kappa shape index (κ3) is 2.81. The van der Waals surface area contributed by atoms with Crippen LogP contribution in [-0.2, 0) is 15.1 Å². The predicted octanol–water partition coefficient (Wildman–Crippen LogP) is 2.07. The number of hydrogen-bond donors (Lipinski definition) is 0. The van der Waals surface area contributed by atoms with Crippen LogP contribution in [-0.4, -0.2) is 19.1 Å². The van der Waals surface area contributed by atoms with Crippen molar-refractivity contribution in [3.8, 4) is 11.8 Å². The molecule has 0 spiro atoms. The van der Waals surface area contributed by atoms with E-state index >= 15 is 0 Å². The Bertz CT molecular complexity index is 956. The summed E-state index contributed by atoms with van der Waals surface area (Å²) in [6.07, 6.45) is 2.20. The summed E-state index contributed by atoms with van der Waals surface area (Å²) in [5, 5.41) is 8.86. The van der Waals surface area contributed by atoms with Gasteiger partial charge in [0.05, 0.1) is 16.5 Å². The molecule has 1 aromatic rings. The number of ether oxygens (including phenoxy) is 1. The number of nitriles is 1. The lowest BCUT2D eigenvalue weighted by molar-refractivity contribution is -0.114. The van der Waals surface area contributed by atoms with Gasteiger partial charge in [-0.25, -0.2) is 4.39 Å². The van der Waals surface area contributed by atoms with E-state index in [1.165, 1.54) is 6.07 Å². The van der Waals surface area contributed by atoms with Crippen molar-refractivity contribution in [3.05, 3.63) is 52.6 Å². The van der Waals surface area contributed by atoms with Gasteiger partial charge in [0.2, 0.25) is 10.3 Å². The van der Waals surface area contributed by atoms with Gasteiger partial charge in [0.15, 0.2) is 5.78 Å². The predicted molar refractivity (Wildman–Crippen MR) is 79.6 cm³/mol. The van der Waals surface area contributed by atoms with E-state index in [0.717, 1.165) is 12.1 Å². The summed E-state index contributed by atoms with van der Waals surface area (Å²) in [7, 11) is -2.47. The number of rotatable bonds is 2. The highest BCUT2D eigenvalue weighted by atomic mass is 32.2. The molecule has 0 saturated carbocycles. The number of Topliss-reactive ketones (excluding diaryl/α,β-unsaturated/α-hetero) is 1. The summed E-state index contributed by atoms with van der Waals surface area (Å²) in [6.45, 7) is 0. The molecule has 23 heavy (non-hydrogen) atoms. The van der Waals surface area contributed by atoms with Gasteiger partial charge in [0.25, 0.3) is 0 Å². The molecule has 0 radical (unpaired) electrons. The molecule has 2 aliphatic carbocycles. The molecule has 5 nitrogen and oxygen atoms in total. The lowest BCUT2D eigenvalue weighted by atomic mass is 9.98. The Morgan fingerprint density at radius 2 is 2.00 bits per heavy atom. The van der Waals surface area contributed by atoms with E-state index in [9.17, 15) is 17.6 Å². The van der Waals surface area contributed by atoms with Crippen molar-refractivity contribution in [2.24, 2.45) is 0 Å². The number of carbonyl (C=O) groups excluding carboxylic acids is 1. The van der Waals surface area contributed by atoms with E-state index in [1.807, 2.05) is 6.07 Å². The summed E-state index contributed by atoms with van der Waals surface area (Å²) < 4.78 is 41.6. The standard InChI is InChI=1S/C16H10FNO4S/c17-10-5-9(8-18)6-11(7-10)22-14-3-4-15(23(20)21)16-12(14)1-2-13(16)19/h3,5-7H,1-2,4H2. The van der Waals surface area contributed by atoms with Crippen molar-refractivity contribution in [3.63, 3.8) is 0 Å². The number of hydrogen-bond acceptors (Lipinski definition) is 5. The number of ketones is 1. The zero-order valence-corrected chi connectivity index (χ0v) is 12.6. The molecular formula is C16H10FNO4S. The number of halogens is 1. The molecule has 0 unspecified atom stereocenters. The first-order valence-electron chi connectivity index (χ1n) is 6.80. The van der Waals surface area contributed by atoms with Crippen molar-refractivity contribution in [2.45, 2.75) is 19.3 Å². The highest BCUT2D eigenvalue weighted by Gasteiger charge is 2.33. The van der Waals surface area contributed by atoms with Gasteiger partial charge >= 0.3 is 0 Å². The molecule has 0 atom stereocenters. The Morgan fingerprint density at radius 3 is 2.70 bits per heavy atom. The second-order valence-corrected chi connectivity index (χ2v) is 6.06. The number of nitrogens with zero attached hydrogens (tertiary/aromatic N) is 1. The van der Waals surface area contributed by atoms with E-state index in [4.69, 9.17) is 10.00 Å². The minimum atomic E-state index is -2.47. The van der Waals surface area contributed by atoms with Crippen LogP contribution in [0, 0.1) is 17.1 Å². The van der Waals surface area contributed by atoms with Gasteiger partial charge in [0, 0.05) is 30.1 Å². The minimum Gasteiger partial charge on any atom is -0.457 e. The van der Waals surface area contributed by atoms with Crippen molar-refractivity contribution >= 4 is 20.9 Å². The van der Waals surface area contributed by atoms with Crippen LogP contribution in [0.1, 0.15) is 24.8 Å². The summed E-state index contributed by atoms with van der Waals surface area (Å²) in [4.78, 5) is 12.0. The van der Waals surface area contributed by atoms with Crippen molar-refractivity contribution in [1.82, 2.24) is 0 Å². The molecule has 3 rings (SSSR count). The SMILES string of the molecule is N#Cc1cc(F)cc(OC2=CCC(=S(=O)=O)C3=C2CCC3=O)c1. The highest BCUT2D eigenvalue weighted by molar-refractivity contribution is 7.73. The van der Waals surface area contributed by atoms with Crippen LogP contribution < -0.4 is 4.74 Å². The zero-order chi connectivity index (χ0) is 16.6. The third-order valence-corrected chi connectivity index (χ3v) is 4.43. The fourth-order valence-electron chi connectivity index (χ4n) is 2.71.